The summed E-state index contributed by atoms with van der Waals surface area (Å²) < 4.78 is 0. The second-order valence-electron chi connectivity index (χ2n) is 4.99. The third-order valence-electron chi connectivity index (χ3n) is 3.46. The Kier molecular flexibility index (Phi) is 3.77. The van der Waals surface area contributed by atoms with Gasteiger partial charge in [-0.3, -0.25) is 10.2 Å². The van der Waals surface area contributed by atoms with Crippen molar-refractivity contribution in [3.63, 3.8) is 0 Å². The molecular weight excluding hydrogens is 298 g/mol. The van der Waals surface area contributed by atoms with Crippen LogP contribution in [0.4, 0.5) is 5.69 Å². The first-order valence-corrected chi connectivity index (χ1v) is 7.57. The number of para-hydroxylation sites is 2. The number of carbonyl (C=O) groups is 1. The van der Waals surface area contributed by atoms with Gasteiger partial charge in [0.05, 0.1) is 5.56 Å². The maximum Gasteiger partial charge on any atom is 0.211 e. The van der Waals surface area contributed by atoms with Crippen LogP contribution >= 0.6 is 11.8 Å². The number of thioether (sulfide) groups is 1. The zero-order chi connectivity index (χ0) is 15.6. The van der Waals surface area contributed by atoms with Crippen LogP contribution in [-0.2, 0) is 9.67 Å². The van der Waals surface area contributed by atoms with Crippen molar-refractivity contribution >= 4 is 28.9 Å². The van der Waals surface area contributed by atoms with Crippen molar-refractivity contribution in [2.75, 3.05) is 5.32 Å². The number of nitrogens with zero attached hydrogens (tertiary/aromatic N) is 1. The average Bonchev–Trinajstić information content (AvgIpc) is 2.92. The Morgan fingerprint density at radius 3 is 2.73 bits per heavy atom. The number of hydrogen-bond acceptors (Lipinski definition) is 5. The van der Waals surface area contributed by atoms with E-state index in [9.17, 15) is 9.90 Å². The van der Waals surface area contributed by atoms with Crippen LogP contribution in [0.25, 0.3) is 0 Å². The molecule has 1 unspecified atom stereocenters. The number of anilines is 1. The SMILES string of the molecule is CC1(c2ccccc2NC=O)NN=C(c2ccccc2O)S1. The van der Waals surface area contributed by atoms with Crippen LogP contribution in [0, 0.1) is 0 Å². The Labute approximate surface area is 132 Å². The van der Waals surface area contributed by atoms with Crippen molar-refractivity contribution in [2.24, 2.45) is 5.10 Å². The van der Waals surface area contributed by atoms with Gasteiger partial charge < -0.3 is 10.4 Å². The van der Waals surface area contributed by atoms with Gasteiger partial charge in [0.15, 0.2) is 0 Å². The summed E-state index contributed by atoms with van der Waals surface area (Å²) in [5.41, 5.74) is 5.44. The number of rotatable bonds is 4. The molecule has 3 rings (SSSR count). The molecule has 6 heteroatoms. The van der Waals surface area contributed by atoms with Crippen LogP contribution in [0.1, 0.15) is 18.1 Å². The van der Waals surface area contributed by atoms with Crippen LogP contribution < -0.4 is 10.7 Å². The van der Waals surface area contributed by atoms with Gasteiger partial charge in [0, 0.05) is 11.3 Å². The van der Waals surface area contributed by atoms with Gasteiger partial charge in [-0.2, -0.15) is 5.10 Å². The van der Waals surface area contributed by atoms with Crippen molar-refractivity contribution in [3.05, 3.63) is 59.7 Å². The molecule has 22 heavy (non-hydrogen) atoms. The van der Waals surface area contributed by atoms with Crippen LogP contribution in [-0.4, -0.2) is 16.6 Å². The van der Waals surface area contributed by atoms with Gasteiger partial charge in [0.1, 0.15) is 15.7 Å². The van der Waals surface area contributed by atoms with Gasteiger partial charge >= 0.3 is 0 Å². The molecule has 1 atom stereocenters. The van der Waals surface area contributed by atoms with Crippen LogP contribution in [0.15, 0.2) is 53.6 Å². The standard InChI is InChI=1S/C16H15N3O2S/c1-16(12-7-3-4-8-13(12)17-10-20)19-18-15(22-16)11-6-2-5-9-14(11)21/h2-10,19,21H,1H3,(H,17,20). The Hall–Kier alpha value is -2.47. The van der Waals surface area contributed by atoms with Gasteiger partial charge in [-0.25, -0.2) is 0 Å². The summed E-state index contributed by atoms with van der Waals surface area (Å²) in [5, 5.41) is 17.7. The zero-order valence-corrected chi connectivity index (χ0v) is 12.7. The van der Waals surface area contributed by atoms with Gasteiger partial charge in [-0.05, 0) is 25.1 Å². The first-order chi connectivity index (χ1) is 10.6. The number of phenols is 1. The van der Waals surface area contributed by atoms with Gasteiger partial charge in [-0.15, -0.1) is 0 Å². The average molecular weight is 313 g/mol. The fourth-order valence-electron chi connectivity index (χ4n) is 2.37. The molecule has 5 nitrogen and oxygen atoms in total. The van der Waals surface area contributed by atoms with E-state index in [1.165, 1.54) is 11.8 Å². The topological polar surface area (TPSA) is 73.7 Å². The van der Waals surface area contributed by atoms with Crippen molar-refractivity contribution < 1.29 is 9.90 Å². The number of phenolic OH excluding ortho intramolecular Hbond substituents is 1. The lowest BCUT2D eigenvalue weighted by atomic mass is 10.1. The van der Waals surface area contributed by atoms with Gasteiger partial charge in [0.25, 0.3) is 0 Å². The van der Waals surface area contributed by atoms with Gasteiger partial charge in [0.2, 0.25) is 6.41 Å². The molecule has 0 aliphatic carbocycles. The van der Waals surface area contributed by atoms with Crippen LogP contribution in [0.5, 0.6) is 5.75 Å². The minimum Gasteiger partial charge on any atom is -0.507 e. The summed E-state index contributed by atoms with van der Waals surface area (Å²) >= 11 is 1.50. The molecule has 0 saturated heterocycles. The maximum absolute atomic E-state index is 10.8. The molecule has 0 saturated carbocycles. The molecule has 1 aliphatic rings. The van der Waals surface area contributed by atoms with E-state index in [2.05, 4.69) is 15.8 Å². The van der Waals surface area contributed by atoms with Crippen LogP contribution in [0.3, 0.4) is 0 Å². The highest BCUT2D eigenvalue weighted by molar-refractivity contribution is 8.15. The fourth-order valence-corrected chi connectivity index (χ4v) is 3.51. The molecule has 3 N–H and O–H groups in total. The normalized spacial score (nSPS) is 20.1. The van der Waals surface area contributed by atoms with E-state index in [4.69, 9.17) is 0 Å². The first-order valence-electron chi connectivity index (χ1n) is 6.76. The van der Waals surface area contributed by atoms with E-state index in [-0.39, 0.29) is 5.75 Å². The van der Waals surface area contributed by atoms with Crippen LogP contribution in [0.2, 0.25) is 0 Å². The Bertz CT molecular complexity index is 748. The second kappa shape index (κ2) is 5.73. The maximum atomic E-state index is 10.8. The molecule has 0 fully saturated rings. The summed E-state index contributed by atoms with van der Waals surface area (Å²) in [6.45, 7) is 1.99. The van der Waals surface area contributed by atoms with Crippen molar-refractivity contribution in [3.8, 4) is 5.75 Å². The molecule has 112 valence electrons. The van der Waals surface area contributed by atoms with Gasteiger partial charge in [-0.1, -0.05) is 42.1 Å². The fraction of sp³-hybridized carbons (Fsp3) is 0.125. The molecule has 0 bridgehead atoms. The molecule has 2 aromatic rings. The molecule has 2 aromatic carbocycles. The Morgan fingerprint density at radius 1 is 1.23 bits per heavy atom. The van der Waals surface area contributed by atoms with E-state index >= 15 is 0 Å². The monoisotopic (exact) mass is 313 g/mol. The Balaban J connectivity index is 1.92. The molecule has 1 amide bonds. The summed E-state index contributed by atoms with van der Waals surface area (Å²) in [6.07, 6.45) is 0.659. The number of amides is 1. The smallest absolute Gasteiger partial charge is 0.211 e. The lowest BCUT2D eigenvalue weighted by molar-refractivity contribution is -0.105. The lowest BCUT2D eigenvalue weighted by Crippen LogP contribution is -2.29. The third-order valence-corrected chi connectivity index (χ3v) is 4.69. The quantitative estimate of drug-likeness (QED) is 0.759. The molecule has 1 aliphatic heterocycles. The van der Waals surface area contributed by atoms with Crippen molar-refractivity contribution in [2.45, 2.75) is 11.8 Å². The highest BCUT2D eigenvalue weighted by Gasteiger charge is 2.36. The largest absolute Gasteiger partial charge is 0.507 e. The van der Waals surface area contributed by atoms with E-state index in [1.807, 2.05) is 43.3 Å². The lowest BCUT2D eigenvalue weighted by Gasteiger charge is -2.25. The number of benzene rings is 2. The minimum atomic E-state index is -0.524. The summed E-state index contributed by atoms with van der Waals surface area (Å²) in [7, 11) is 0. The number of nitrogens with one attached hydrogen (secondary N) is 2. The Morgan fingerprint density at radius 2 is 1.95 bits per heavy atom. The van der Waals surface area contributed by atoms with Crippen molar-refractivity contribution in [1.29, 1.82) is 0 Å². The predicted molar refractivity (Wildman–Crippen MR) is 88.9 cm³/mol. The summed E-state index contributed by atoms with van der Waals surface area (Å²) in [6, 6.07) is 14.6. The summed E-state index contributed by atoms with van der Waals surface area (Å²) in [5.74, 6) is 0.194. The highest BCUT2D eigenvalue weighted by atomic mass is 32.2. The first kappa shape index (κ1) is 14.5. The number of carbonyl (C=O) groups excluding carboxylic acids is 1. The zero-order valence-electron chi connectivity index (χ0n) is 11.9. The molecule has 0 radical (unpaired) electrons. The molecule has 0 spiro atoms. The summed E-state index contributed by atoms with van der Waals surface area (Å²) in [4.78, 5) is 10.3. The highest BCUT2D eigenvalue weighted by Crippen LogP contribution is 2.43. The van der Waals surface area contributed by atoms with E-state index in [1.54, 1.807) is 12.1 Å². The van der Waals surface area contributed by atoms with E-state index in [0.29, 0.717) is 17.0 Å². The second-order valence-corrected chi connectivity index (χ2v) is 6.40. The third kappa shape index (κ3) is 2.53. The van der Waals surface area contributed by atoms with Crippen molar-refractivity contribution in [1.82, 2.24) is 5.43 Å². The van der Waals surface area contributed by atoms with E-state index in [0.717, 1.165) is 11.3 Å². The number of hydrogen-bond donors (Lipinski definition) is 3. The minimum absolute atomic E-state index is 0.194. The van der Waals surface area contributed by atoms with E-state index < -0.39 is 4.87 Å². The number of aromatic hydroxyl groups is 1. The molecule has 0 aromatic heterocycles. The molecular formula is C16H15N3O2S. The predicted octanol–water partition coefficient (Wildman–Crippen LogP) is 2.83. The molecule has 1 heterocycles. The number of hydrazone groups is 1.